The highest BCUT2D eigenvalue weighted by Crippen LogP contribution is 2.39. The van der Waals surface area contributed by atoms with Crippen molar-refractivity contribution in [3.05, 3.63) is 32.2 Å². The van der Waals surface area contributed by atoms with E-state index < -0.39 is 0 Å². The molecule has 0 aliphatic carbocycles. The summed E-state index contributed by atoms with van der Waals surface area (Å²) in [4.78, 5) is 5.22. The largest absolute Gasteiger partial charge is 0.493 e. The Hall–Kier alpha value is -0.910. The molecule has 0 heterocycles. The Morgan fingerprint density at radius 1 is 1.03 bits per heavy atom. The van der Waals surface area contributed by atoms with Crippen LogP contribution < -0.4 is 9.47 Å². The van der Waals surface area contributed by atoms with Gasteiger partial charge in [-0.3, -0.25) is 0 Å². The molecule has 0 aromatic heterocycles. The van der Waals surface area contributed by atoms with Crippen LogP contribution >= 0.6 is 39.1 Å². The van der Waals surface area contributed by atoms with Crippen LogP contribution in [0.4, 0.5) is 0 Å². The van der Waals surface area contributed by atoms with Crippen LogP contribution in [0.5, 0.6) is 11.5 Å². The molecule has 1 aromatic carbocycles. The van der Waals surface area contributed by atoms with E-state index in [2.05, 4.69) is 34.9 Å². The summed E-state index contributed by atoms with van der Waals surface area (Å²) in [6.07, 6.45) is 7.57. The van der Waals surface area contributed by atoms with Crippen LogP contribution in [0.15, 0.2) is 26.3 Å². The van der Waals surface area contributed by atoms with Gasteiger partial charge in [0.25, 0.3) is 0 Å². The normalized spacial score (nSPS) is 10.4. The molecule has 0 N–H and O–H groups in total. The van der Waals surface area contributed by atoms with E-state index in [1.54, 1.807) is 6.08 Å². The molecular weight excluding hydrogens is 477 g/mol. The molecular formula is C22H32BrCl2NO3. The topological polar surface area (TPSA) is 40.0 Å². The van der Waals surface area contributed by atoms with Crippen molar-refractivity contribution in [3.8, 4) is 11.5 Å². The Morgan fingerprint density at radius 2 is 1.72 bits per heavy atom. The van der Waals surface area contributed by atoms with Gasteiger partial charge in [0.15, 0.2) is 0 Å². The summed E-state index contributed by atoms with van der Waals surface area (Å²) in [6.45, 7) is 9.78. The van der Waals surface area contributed by atoms with Crippen molar-refractivity contribution in [1.82, 2.24) is 0 Å². The quantitative estimate of drug-likeness (QED) is 0.147. The predicted molar refractivity (Wildman–Crippen MR) is 127 cm³/mol. The highest BCUT2D eigenvalue weighted by molar-refractivity contribution is 9.10. The summed E-state index contributed by atoms with van der Waals surface area (Å²) in [5.41, 5.74) is 3.21. The minimum atomic E-state index is 0.201. The number of rotatable bonds is 14. The number of aryl methyl sites for hydroxylation is 1. The highest BCUT2D eigenvalue weighted by atomic mass is 79.9. The maximum atomic E-state index is 6.19. The number of unbranched alkanes of at least 4 members (excludes halogenated alkanes) is 3. The van der Waals surface area contributed by atoms with Crippen molar-refractivity contribution in [1.29, 1.82) is 0 Å². The van der Waals surface area contributed by atoms with Crippen LogP contribution in [0.2, 0.25) is 0 Å². The lowest BCUT2D eigenvalue weighted by atomic mass is 10.0. The van der Waals surface area contributed by atoms with Crippen molar-refractivity contribution in [3.63, 3.8) is 0 Å². The molecule has 0 aliphatic heterocycles. The standard InChI is InChI=1S/C22H32BrCl2NO3/c1-5-17-15-19(27-14-11-20(24)25)21(23)18(6-2)22(17)28-12-9-7-8-10-13-29-26-16(3)4/h11,15H,5-10,12-14H2,1-4H3. The van der Waals surface area contributed by atoms with Crippen molar-refractivity contribution in [2.24, 2.45) is 5.16 Å². The first-order chi connectivity index (χ1) is 13.9. The van der Waals surface area contributed by atoms with Crippen LogP contribution in [-0.2, 0) is 17.7 Å². The van der Waals surface area contributed by atoms with Gasteiger partial charge in [-0.05, 0) is 86.0 Å². The van der Waals surface area contributed by atoms with E-state index in [-0.39, 0.29) is 4.49 Å². The Bertz CT molecular complexity index is 685. The number of ether oxygens (including phenoxy) is 2. The molecule has 0 saturated heterocycles. The predicted octanol–water partition coefficient (Wildman–Crippen LogP) is 7.62. The molecule has 0 spiro atoms. The highest BCUT2D eigenvalue weighted by Gasteiger charge is 2.17. The lowest BCUT2D eigenvalue weighted by Gasteiger charge is -2.19. The minimum absolute atomic E-state index is 0.201. The van der Waals surface area contributed by atoms with Gasteiger partial charge in [0.2, 0.25) is 0 Å². The molecule has 0 amide bonds. The Kier molecular flexibility index (Phi) is 13.5. The van der Waals surface area contributed by atoms with Crippen molar-refractivity contribution in [2.75, 3.05) is 19.8 Å². The zero-order chi connectivity index (χ0) is 21.6. The number of oxime groups is 1. The lowest BCUT2D eigenvalue weighted by Crippen LogP contribution is -2.06. The summed E-state index contributed by atoms with van der Waals surface area (Å²) >= 11 is 15.0. The van der Waals surface area contributed by atoms with Gasteiger partial charge in [-0.15, -0.1) is 0 Å². The van der Waals surface area contributed by atoms with Crippen molar-refractivity contribution in [2.45, 2.75) is 66.2 Å². The second-order valence-corrected chi connectivity index (χ2v) is 8.60. The summed E-state index contributed by atoms with van der Waals surface area (Å²) in [5.74, 6) is 1.75. The maximum Gasteiger partial charge on any atom is 0.134 e. The molecule has 7 heteroatoms. The molecule has 0 unspecified atom stereocenters. The fourth-order valence-electron chi connectivity index (χ4n) is 2.76. The molecule has 0 bridgehead atoms. The number of halogens is 3. The van der Waals surface area contributed by atoms with Gasteiger partial charge in [-0.25, -0.2) is 0 Å². The lowest BCUT2D eigenvalue weighted by molar-refractivity contribution is 0.139. The molecule has 0 fully saturated rings. The van der Waals surface area contributed by atoms with Gasteiger partial charge < -0.3 is 14.3 Å². The molecule has 29 heavy (non-hydrogen) atoms. The van der Waals surface area contributed by atoms with Gasteiger partial charge in [-0.1, -0.05) is 42.2 Å². The molecule has 1 aromatic rings. The number of hydrogen-bond acceptors (Lipinski definition) is 4. The second-order valence-electron chi connectivity index (χ2n) is 6.80. The summed E-state index contributed by atoms with van der Waals surface area (Å²) in [5, 5.41) is 3.94. The second kappa shape index (κ2) is 15.0. The minimum Gasteiger partial charge on any atom is -0.493 e. The number of nitrogens with zero attached hydrogens (tertiary/aromatic N) is 1. The van der Waals surface area contributed by atoms with Gasteiger partial charge in [0.05, 0.1) is 16.8 Å². The Balaban J connectivity index is 2.60. The fourth-order valence-corrected chi connectivity index (χ4v) is 3.57. The third-order valence-corrected chi connectivity index (χ3v) is 5.36. The summed E-state index contributed by atoms with van der Waals surface area (Å²) < 4.78 is 13.1. The molecule has 4 nitrogen and oxygen atoms in total. The average Bonchev–Trinajstić information content (AvgIpc) is 2.67. The van der Waals surface area contributed by atoms with Crippen molar-refractivity contribution < 1.29 is 14.3 Å². The molecule has 0 saturated carbocycles. The van der Waals surface area contributed by atoms with E-state index >= 15 is 0 Å². The zero-order valence-electron chi connectivity index (χ0n) is 17.8. The van der Waals surface area contributed by atoms with Gasteiger partial charge in [-0.2, -0.15) is 0 Å². The Morgan fingerprint density at radius 3 is 2.31 bits per heavy atom. The SMILES string of the molecule is CCc1cc(OCC=C(Cl)Cl)c(Br)c(CC)c1OCCCCCCON=C(C)C. The van der Waals surface area contributed by atoms with Crippen LogP contribution in [0.3, 0.4) is 0 Å². The van der Waals surface area contributed by atoms with Gasteiger partial charge >= 0.3 is 0 Å². The molecule has 1 rings (SSSR count). The third-order valence-electron chi connectivity index (χ3n) is 4.19. The molecule has 0 atom stereocenters. The van der Waals surface area contributed by atoms with E-state index in [0.29, 0.717) is 19.8 Å². The fraction of sp³-hybridized carbons (Fsp3) is 0.591. The number of hydrogen-bond donors (Lipinski definition) is 0. The van der Waals surface area contributed by atoms with Gasteiger partial charge in [0, 0.05) is 5.56 Å². The average molecular weight is 509 g/mol. The van der Waals surface area contributed by atoms with E-state index in [1.807, 2.05) is 19.9 Å². The van der Waals surface area contributed by atoms with Crippen LogP contribution in [0, 0.1) is 0 Å². The number of benzene rings is 1. The first-order valence-corrected chi connectivity index (χ1v) is 11.7. The molecule has 0 aliphatic rings. The first-order valence-electron chi connectivity index (χ1n) is 10.1. The molecule has 164 valence electrons. The van der Waals surface area contributed by atoms with Crippen LogP contribution in [-0.4, -0.2) is 25.5 Å². The molecule has 0 radical (unpaired) electrons. The first kappa shape index (κ1) is 26.1. The van der Waals surface area contributed by atoms with E-state index in [1.165, 1.54) is 0 Å². The van der Waals surface area contributed by atoms with Crippen molar-refractivity contribution >= 4 is 44.8 Å². The van der Waals surface area contributed by atoms with Crippen LogP contribution in [0.1, 0.15) is 64.5 Å². The monoisotopic (exact) mass is 507 g/mol. The summed E-state index contributed by atoms with van der Waals surface area (Å²) in [6, 6.07) is 2.03. The van der Waals surface area contributed by atoms with E-state index in [0.717, 1.165) is 71.3 Å². The smallest absolute Gasteiger partial charge is 0.134 e. The zero-order valence-corrected chi connectivity index (χ0v) is 20.9. The Labute approximate surface area is 193 Å². The van der Waals surface area contributed by atoms with Crippen LogP contribution in [0.25, 0.3) is 0 Å². The maximum absolute atomic E-state index is 6.19. The van der Waals surface area contributed by atoms with E-state index in [9.17, 15) is 0 Å². The van der Waals surface area contributed by atoms with Gasteiger partial charge in [0.1, 0.15) is 29.2 Å². The van der Waals surface area contributed by atoms with E-state index in [4.69, 9.17) is 37.5 Å². The summed E-state index contributed by atoms with van der Waals surface area (Å²) in [7, 11) is 0. The third kappa shape index (κ3) is 10.1.